The van der Waals surface area contributed by atoms with Crippen LogP contribution in [0.4, 0.5) is 51.7 Å². The molecule has 66 heavy (non-hydrogen) atoms. The summed E-state index contributed by atoms with van der Waals surface area (Å²) in [6.07, 6.45) is 2.96. The van der Waals surface area contributed by atoms with Gasteiger partial charge in [-0.05, 0) is 73.2 Å². The maximum absolute atomic E-state index is 15.1. The number of hydrogen-bond acceptors (Lipinski definition) is 12. The Labute approximate surface area is 374 Å². The molecule has 2 fully saturated rings. The minimum atomic E-state index is -0.618. The first kappa shape index (κ1) is 44.2. The van der Waals surface area contributed by atoms with Crippen LogP contribution in [-0.2, 0) is 25.9 Å². The fourth-order valence-corrected chi connectivity index (χ4v) is 9.50. The minimum Gasteiger partial charge on any atom is -0.384 e. The monoisotopic (exact) mass is 910 g/mol. The molecule has 0 aliphatic carbocycles. The lowest BCUT2D eigenvalue weighted by Gasteiger charge is -2.36. The van der Waals surface area contributed by atoms with Crippen molar-refractivity contribution in [3.8, 4) is 0 Å². The van der Waals surface area contributed by atoms with Crippen LogP contribution in [0, 0.1) is 43.5 Å². The standard InChI is InChI=1S/2C23H23F2N5O3/c2*24-17-12-15(30(32)33)3-4-20(17)29-8-6-28(7-9-29)13-14-10-18(25)21-19(11-14)27-23(31)16-2-1-5-26-22(16)21/h2*3-4,10-12,26H,1-2,5-9,13H2,(H,27,31). The predicted octanol–water partition coefficient (Wildman–Crippen LogP) is 6.79. The van der Waals surface area contributed by atoms with Gasteiger partial charge >= 0.3 is 0 Å². The molecular formula is C46H46F4N10O6. The van der Waals surface area contributed by atoms with E-state index in [0.717, 1.165) is 36.1 Å². The van der Waals surface area contributed by atoms with Gasteiger partial charge in [0.25, 0.3) is 22.5 Å². The minimum absolute atomic E-state index is 0.181. The number of pyridine rings is 2. The SMILES string of the molecule is O=c1[nH]c2cc(CN3CCN(c4ccc([N+](=O)[O-])cc4F)CC3)cc(F)c2c2c1CCCN2.O=c1[nH]c2cc(CN3CCN(c4ccc([N+](=O)[O-])cc4F)CC3)cc(F)c2c2c1CCCN2. The average Bonchev–Trinajstić information content (AvgIpc) is 3.29. The molecular weight excluding hydrogens is 865 g/mol. The van der Waals surface area contributed by atoms with Gasteiger partial charge in [0, 0.05) is 102 Å². The van der Waals surface area contributed by atoms with Gasteiger partial charge in [-0.3, -0.25) is 39.6 Å². The van der Waals surface area contributed by atoms with Crippen molar-refractivity contribution >= 4 is 55.9 Å². The lowest BCUT2D eigenvalue weighted by molar-refractivity contribution is -0.385. The number of nitro groups is 2. The summed E-state index contributed by atoms with van der Waals surface area (Å²) in [5.41, 5.74) is 4.65. The van der Waals surface area contributed by atoms with Crippen LogP contribution in [0.15, 0.2) is 70.3 Å². The molecule has 4 aliphatic heterocycles. The van der Waals surface area contributed by atoms with Crippen molar-refractivity contribution < 1.29 is 27.4 Å². The van der Waals surface area contributed by atoms with Crippen LogP contribution in [0.1, 0.15) is 35.1 Å². The lowest BCUT2D eigenvalue weighted by atomic mass is 10.00. The van der Waals surface area contributed by atoms with Gasteiger partial charge in [0.2, 0.25) is 0 Å². The highest BCUT2D eigenvalue weighted by Crippen LogP contribution is 2.33. The van der Waals surface area contributed by atoms with Gasteiger partial charge in [0.1, 0.15) is 11.6 Å². The average molecular weight is 911 g/mol. The number of non-ortho nitro benzene ring substituents is 2. The van der Waals surface area contributed by atoms with E-state index >= 15 is 8.78 Å². The molecule has 2 saturated heterocycles. The maximum Gasteiger partial charge on any atom is 0.272 e. The highest BCUT2D eigenvalue weighted by Gasteiger charge is 2.26. The van der Waals surface area contributed by atoms with Crippen molar-refractivity contribution in [3.05, 3.63) is 147 Å². The molecule has 0 saturated carbocycles. The van der Waals surface area contributed by atoms with Crippen molar-refractivity contribution in [1.82, 2.24) is 19.8 Å². The normalized spacial score (nSPS) is 16.5. The first-order valence-electron chi connectivity index (χ1n) is 21.9. The van der Waals surface area contributed by atoms with Crippen LogP contribution >= 0.6 is 0 Å². The Kier molecular flexibility index (Phi) is 12.3. The third kappa shape index (κ3) is 8.97. The summed E-state index contributed by atoms with van der Waals surface area (Å²) in [5.74, 6) is -1.96. The molecule has 0 atom stereocenters. The van der Waals surface area contributed by atoms with Crippen LogP contribution in [0.2, 0.25) is 0 Å². The Bertz CT molecular complexity index is 2800. The number of fused-ring (bicyclic) bond motifs is 6. The van der Waals surface area contributed by atoms with Crippen molar-refractivity contribution in [3.63, 3.8) is 0 Å². The Balaban J connectivity index is 0.000000166. The van der Waals surface area contributed by atoms with Gasteiger partial charge in [-0.2, -0.15) is 0 Å². The fraction of sp³-hybridized carbons (Fsp3) is 0.348. The zero-order valence-corrected chi connectivity index (χ0v) is 35.7. The number of rotatable bonds is 8. The molecule has 10 rings (SSSR count). The summed E-state index contributed by atoms with van der Waals surface area (Å²) < 4.78 is 58.8. The number of H-pyrrole nitrogens is 2. The molecule has 4 N–H and O–H groups in total. The molecule has 20 heteroatoms. The van der Waals surface area contributed by atoms with E-state index < -0.39 is 21.5 Å². The van der Waals surface area contributed by atoms with Crippen molar-refractivity contribution in [1.29, 1.82) is 0 Å². The Morgan fingerprint density at radius 2 is 0.924 bits per heavy atom. The highest BCUT2D eigenvalue weighted by molar-refractivity contribution is 5.95. The molecule has 16 nitrogen and oxygen atoms in total. The summed E-state index contributed by atoms with van der Waals surface area (Å²) in [4.78, 5) is 58.9. The maximum atomic E-state index is 15.1. The number of hydrogen-bond donors (Lipinski definition) is 4. The van der Waals surface area contributed by atoms with Crippen LogP contribution in [-0.4, -0.2) is 95.1 Å². The summed E-state index contributed by atoms with van der Waals surface area (Å²) in [6, 6.07) is 14.0. The largest absolute Gasteiger partial charge is 0.384 e. The fourth-order valence-electron chi connectivity index (χ4n) is 9.50. The molecule has 2 aromatic heterocycles. The van der Waals surface area contributed by atoms with E-state index in [4.69, 9.17) is 0 Å². The first-order valence-corrected chi connectivity index (χ1v) is 21.9. The Hall–Kier alpha value is -7.06. The van der Waals surface area contributed by atoms with E-state index in [1.54, 1.807) is 0 Å². The second kappa shape index (κ2) is 18.4. The zero-order chi connectivity index (χ0) is 46.2. The number of aromatic amines is 2. The summed E-state index contributed by atoms with van der Waals surface area (Å²) in [5, 5.41) is 28.8. The Morgan fingerprint density at radius 3 is 1.29 bits per heavy atom. The molecule has 4 aliphatic rings. The van der Waals surface area contributed by atoms with Gasteiger partial charge < -0.3 is 30.4 Å². The van der Waals surface area contributed by atoms with E-state index in [2.05, 4.69) is 30.4 Å². The molecule has 4 aromatic carbocycles. The molecule has 344 valence electrons. The van der Waals surface area contributed by atoms with Crippen LogP contribution in [0.5, 0.6) is 0 Å². The number of anilines is 4. The molecule has 6 heterocycles. The quantitative estimate of drug-likeness (QED) is 0.0713. The number of halogens is 4. The number of aromatic nitrogens is 2. The van der Waals surface area contributed by atoms with Crippen molar-refractivity contribution in [2.75, 3.05) is 85.9 Å². The van der Waals surface area contributed by atoms with E-state index in [0.29, 0.717) is 147 Å². The number of nitro benzene ring substituents is 2. The lowest BCUT2D eigenvalue weighted by Crippen LogP contribution is -2.46. The summed E-state index contributed by atoms with van der Waals surface area (Å²) in [7, 11) is 0. The molecule has 0 radical (unpaired) electrons. The van der Waals surface area contributed by atoms with Gasteiger partial charge in [-0.25, -0.2) is 17.6 Å². The number of piperazine rings is 2. The van der Waals surface area contributed by atoms with Crippen molar-refractivity contribution in [2.24, 2.45) is 0 Å². The van der Waals surface area contributed by atoms with Gasteiger partial charge in [-0.15, -0.1) is 0 Å². The summed E-state index contributed by atoms with van der Waals surface area (Å²) >= 11 is 0. The third-order valence-corrected chi connectivity index (χ3v) is 12.8. The van der Waals surface area contributed by atoms with Crippen LogP contribution in [0.25, 0.3) is 21.8 Å². The van der Waals surface area contributed by atoms with Crippen LogP contribution < -0.4 is 31.6 Å². The topological polar surface area (TPSA) is 189 Å². The van der Waals surface area contributed by atoms with Gasteiger partial charge in [0.05, 0.1) is 66.5 Å². The second-order valence-electron chi connectivity index (χ2n) is 17.0. The molecule has 0 spiro atoms. The van der Waals surface area contributed by atoms with E-state index in [1.807, 2.05) is 21.9 Å². The second-order valence-corrected chi connectivity index (χ2v) is 17.0. The smallest absolute Gasteiger partial charge is 0.272 e. The molecule has 6 aromatic rings. The number of benzene rings is 4. The van der Waals surface area contributed by atoms with Crippen LogP contribution in [0.3, 0.4) is 0 Å². The zero-order valence-electron chi connectivity index (χ0n) is 35.7. The first-order chi connectivity index (χ1) is 31.8. The van der Waals surface area contributed by atoms with Gasteiger partial charge in [-0.1, -0.05) is 0 Å². The number of nitrogens with zero attached hydrogens (tertiary/aromatic N) is 6. The third-order valence-electron chi connectivity index (χ3n) is 12.8. The van der Waals surface area contributed by atoms with Gasteiger partial charge in [0.15, 0.2) is 11.6 Å². The van der Waals surface area contributed by atoms with E-state index in [-0.39, 0.29) is 34.1 Å². The van der Waals surface area contributed by atoms with E-state index in [9.17, 15) is 38.6 Å². The molecule has 0 unspecified atom stereocenters. The highest BCUT2D eigenvalue weighted by atomic mass is 19.1. The molecule has 0 bridgehead atoms. The van der Waals surface area contributed by atoms with E-state index in [1.165, 1.54) is 36.4 Å². The van der Waals surface area contributed by atoms with Crippen molar-refractivity contribution in [2.45, 2.75) is 38.8 Å². The molecule has 0 amide bonds. The Morgan fingerprint density at radius 1 is 0.530 bits per heavy atom. The summed E-state index contributed by atoms with van der Waals surface area (Å²) in [6.45, 7) is 7.08. The predicted molar refractivity (Wildman–Crippen MR) is 244 cm³/mol. The number of nitrogens with one attached hydrogen (secondary N) is 4.